The van der Waals surface area contributed by atoms with Crippen LogP contribution in [0.1, 0.15) is 60.3 Å². The molecule has 118 valence electrons. The highest BCUT2D eigenvalue weighted by atomic mass is 16.7. The van der Waals surface area contributed by atoms with Crippen LogP contribution in [0.15, 0.2) is 0 Å². The zero-order valence-corrected chi connectivity index (χ0v) is 13.9. The van der Waals surface area contributed by atoms with Gasteiger partial charge in [0.1, 0.15) is 0 Å². The molecule has 20 heavy (non-hydrogen) atoms. The van der Waals surface area contributed by atoms with Crippen LogP contribution in [0, 0.1) is 16.7 Å². The maximum atomic E-state index is 6.24. The van der Waals surface area contributed by atoms with Gasteiger partial charge in [-0.2, -0.15) is 0 Å². The SMILES string of the molecule is CCOC(CCOC1CC2CCC1(C)C2(C)C)OCC. The summed E-state index contributed by atoms with van der Waals surface area (Å²) >= 11 is 0. The van der Waals surface area contributed by atoms with E-state index in [1.165, 1.54) is 19.3 Å². The van der Waals surface area contributed by atoms with E-state index in [9.17, 15) is 0 Å². The lowest BCUT2D eigenvalue weighted by atomic mass is 9.70. The van der Waals surface area contributed by atoms with Crippen LogP contribution in [-0.4, -0.2) is 32.2 Å². The summed E-state index contributed by atoms with van der Waals surface area (Å²) in [4.78, 5) is 0. The van der Waals surface area contributed by atoms with Crippen molar-refractivity contribution in [3.63, 3.8) is 0 Å². The number of ether oxygens (including phenoxy) is 3. The molecule has 0 heterocycles. The van der Waals surface area contributed by atoms with Gasteiger partial charge in [-0.15, -0.1) is 0 Å². The minimum absolute atomic E-state index is 0.107. The number of hydrogen-bond acceptors (Lipinski definition) is 3. The van der Waals surface area contributed by atoms with Crippen LogP contribution in [0.5, 0.6) is 0 Å². The largest absolute Gasteiger partial charge is 0.377 e. The van der Waals surface area contributed by atoms with Gasteiger partial charge < -0.3 is 14.2 Å². The molecule has 2 aliphatic rings. The molecular weight excluding hydrogens is 252 g/mol. The Kier molecular flexibility index (Phi) is 5.14. The van der Waals surface area contributed by atoms with Crippen LogP contribution in [0.4, 0.5) is 0 Å². The van der Waals surface area contributed by atoms with Gasteiger partial charge in [-0.25, -0.2) is 0 Å². The molecule has 0 saturated heterocycles. The monoisotopic (exact) mass is 284 g/mol. The van der Waals surface area contributed by atoms with Crippen molar-refractivity contribution in [2.24, 2.45) is 16.7 Å². The van der Waals surface area contributed by atoms with E-state index in [-0.39, 0.29) is 6.29 Å². The maximum Gasteiger partial charge on any atom is 0.159 e. The first-order valence-corrected chi connectivity index (χ1v) is 8.30. The van der Waals surface area contributed by atoms with Crippen LogP contribution in [0.25, 0.3) is 0 Å². The van der Waals surface area contributed by atoms with Crippen LogP contribution in [0.3, 0.4) is 0 Å². The molecule has 0 aromatic rings. The molecular formula is C17H32O3. The van der Waals surface area contributed by atoms with E-state index in [4.69, 9.17) is 14.2 Å². The van der Waals surface area contributed by atoms with E-state index >= 15 is 0 Å². The summed E-state index contributed by atoms with van der Waals surface area (Å²) in [5.74, 6) is 0.840. The molecule has 2 rings (SSSR count). The minimum atomic E-state index is -0.107. The van der Waals surface area contributed by atoms with Gasteiger partial charge in [-0.3, -0.25) is 0 Å². The van der Waals surface area contributed by atoms with Gasteiger partial charge >= 0.3 is 0 Å². The summed E-state index contributed by atoms with van der Waals surface area (Å²) in [5.41, 5.74) is 0.779. The van der Waals surface area contributed by atoms with Gasteiger partial charge in [0.05, 0.1) is 12.7 Å². The zero-order valence-electron chi connectivity index (χ0n) is 13.9. The normalized spacial score (nSPS) is 35.1. The summed E-state index contributed by atoms with van der Waals surface area (Å²) in [6, 6.07) is 0. The molecule has 0 aromatic heterocycles. The smallest absolute Gasteiger partial charge is 0.159 e. The van der Waals surface area contributed by atoms with Gasteiger partial charge in [-0.1, -0.05) is 20.8 Å². The predicted octanol–water partition coefficient (Wildman–Crippen LogP) is 4.01. The fourth-order valence-corrected chi connectivity index (χ4v) is 4.28. The first-order valence-electron chi connectivity index (χ1n) is 8.30. The van der Waals surface area contributed by atoms with Crippen molar-refractivity contribution in [2.45, 2.75) is 72.7 Å². The summed E-state index contributed by atoms with van der Waals surface area (Å²) in [6.07, 6.45) is 5.07. The average molecular weight is 284 g/mol. The third-order valence-electron chi connectivity index (χ3n) is 6.09. The molecule has 2 bridgehead atoms. The van der Waals surface area contributed by atoms with Gasteiger partial charge in [0.15, 0.2) is 6.29 Å². The highest BCUT2D eigenvalue weighted by molar-refractivity contribution is 5.11. The predicted molar refractivity (Wildman–Crippen MR) is 80.6 cm³/mol. The first kappa shape index (κ1) is 16.3. The molecule has 0 amide bonds. The topological polar surface area (TPSA) is 27.7 Å². The van der Waals surface area contributed by atoms with Gasteiger partial charge in [0, 0.05) is 19.6 Å². The van der Waals surface area contributed by atoms with Crippen LogP contribution < -0.4 is 0 Å². The van der Waals surface area contributed by atoms with Gasteiger partial charge in [0.2, 0.25) is 0 Å². The van der Waals surface area contributed by atoms with E-state index in [2.05, 4.69) is 20.8 Å². The maximum absolute atomic E-state index is 6.24. The molecule has 3 atom stereocenters. The summed E-state index contributed by atoms with van der Waals surface area (Å²) in [6.45, 7) is 13.4. The Morgan fingerprint density at radius 2 is 1.75 bits per heavy atom. The molecule has 0 aromatic carbocycles. The summed E-state index contributed by atoms with van der Waals surface area (Å²) < 4.78 is 17.4. The molecule has 2 aliphatic carbocycles. The Labute approximate surface area is 124 Å². The summed E-state index contributed by atoms with van der Waals surface area (Å²) in [5, 5.41) is 0. The second-order valence-electron chi connectivity index (χ2n) is 7.10. The van der Waals surface area contributed by atoms with E-state index < -0.39 is 0 Å². The lowest BCUT2D eigenvalue weighted by Crippen LogP contribution is -2.37. The highest BCUT2D eigenvalue weighted by Crippen LogP contribution is 2.66. The quantitative estimate of drug-likeness (QED) is 0.630. The van der Waals surface area contributed by atoms with Crippen molar-refractivity contribution >= 4 is 0 Å². The third kappa shape index (κ3) is 2.77. The minimum Gasteiger partial charge on any atom is -0.377 e. The fraction of sp³-hybridized carbons (Fsp3) is 1.00. The van der Waals surface area contributed by atoms with Crippen molar-refractivity contribution in [3.05, 3.63) is 0 Å². The second kappa shape index (κ2) is 6.33. The van der Waals surface area contributed by atoms with E-state index in [1.807, 2.05) is 13.8 Å². The number of fused-ring (bicyclic) bond motifs is 2. The van der Waals surface area contributed by atoms with Crippen molar-refractivity contribution in [3.8, 4) is 0 Å². The van der Waals surface area contributed by atoms with Crippen LogP contribution in [-0.2, 0) is 14.2 Å². The molecule has 3 nitrogen and oxygen atoms in total. The Morgan fingerprint density at radius 1 is 1.10 bits per heavy atom. The lowest BCUT2D eigenvalue weighted by molar-refractivity contribution is -0.154. The van der Waals surface area contributed by atoms with E-state index in [0.717, 1.165) is 18.9 Å². The number of hydrogen-bond donors (Lipinski definition) is 0. The van der Waals surface area contributed by atoms with Crippen LogP contribution >= 0.6 is 0 Å². The molecule has 2 saturated carbocycles. The first-order chi connectivity index (χ1) is 9.45. The van der Waals surface area contributed by atoms with Crippen molar-refractivity contribution < 1.29 is 14.2 Å². The molecule has 0 radical (unpaired) electrons. The Balaban J connectivity index is 1.81. The fourth-order valence-electron chi connectivity index (χ4n) is 4.28. The zero-order chi connectivity index (χ0) is 14.8. The van der Waals surface area contributed by atoms with E-state index in [0.29, 0.717) is 30.1 Å². The molecule has 3 heteroatoms. The summed E-state index contributed by atoms with van der Waals surface area (Å²) in [7, 11) is 0. The van der Waals surface area contributed by atoms with Crippen molar-refractivity contribution in [1.82, 2.24) is 0 Å². The standard InChI is InChI=1S/C17H32O3/c1-6-18-15(19-7-2)9-11-20-14-12-13-8-10-17(14,5)16(13,3)4/h13-15H,6-12H2,1-5H3. The Morgan fingerprint density at radius 3 is 2.20 bits per heavy atom. The molecule has 0 spiro atoms. The average Bonchev–Trinajstić information content (AvgIpc) is 2.72. The van der Waals surface area contributed by atoms with Gasteiger partial charge in [0.25, 0.3) is 0 Å². The van der Waals surface area contributed by atoms with Crippen LogP contribution in [0.2, 0.25) is 0 Å². The molecule has 0 N–H and O–H groups in total. The third-order valence-corrected chi connectivity index (χ3v) is 6.09. The lowest BCUT2D eigenvalue weighted by Gasteiger charge is -2.39. The Hall–Kier alpha value is -0.120. The molecule has 2 fully saturated rings. The second-order valence-corrected chi connectivity index (χ2v) is 7.10. The van der Waals surface area contributed by atoms with Crippen molar-refractivity contribution in [2.75, 3.05) is 19.8 Å². The number of rotatable bonds is 8. The van der Waals surface area contributed by atoms with E-state index in [1.54, 1.807) is 0 Å². The van der Waals surface area contributed by atoms with Gasteiger partial charge in [-0.05, 0) is 49.9 Å². The molecule has 3 unspecified atom stereocenters. The van der Waals surface area contributed by atoms with Crippen molar-refractivity contribution in [1.29, 1.82) is 0 Å². The Bertz CT molecular complexity index is 309. The molecule has 0 aliphatic heterocycles. The highest BCUT2D eigenvalue weighted by Gasteiger charge is 2.61.